The van der Waals surface area contributed by atoms with Crippen LogP contribution in [0.15, 0.2) is 12.5 Å². The first-order valence-corrected chi connectivity index (χ1v) is 10.4. The van der Waals surface area contributed by atoms with Gasteiger partial charge in [0.25, 0.3) is 5.91 Å². The van der Waals surface area contributed by atoms with Gasteiger partial charge in [-0.05, 0) is 58.3 Å². The van der Waals surface area contributed by atoms with Crippen LogP contribution in [0.4, 0.5) is 0 Å². The molecule has 0 aliphatic carbocycles. The van der Waals surface area contributed by atoms with Crippen molar-refractivity contribution in [2.24, 2.45) is 12.5 Å². The van der Waals surface area contributed by atoms with E-state index >= 15 is 0 Å². The summed E-state index contributed by atoms with van der Waals surface area (Å²) in [5.74, 6) is 0.0185. The van der Waals surface area contributed by atoms with Crippen molar-refractivity contribution in [3.63, 3.8) is 0 Å². The van der Waals surface area contributed by atoms with Crippen LogP contribution in [0.1, 0.15) is 63.4 Å². The number of piperidine rings is 1. The van der Waals surface area contributed by atoms with Crippen molar-refractivity contribution in [3.05, 3.63) is 18.2 Å². The Morgan fingerprint density at radius 3 is 2.61 bits per heavy atom. The summed E-state index contributed by atoms with van der Waals surface area (Å²) < 4.78 is 14.4. The van der Waals surface area contributed by atoms with Gasteiger partial charge in [-0.3, -0.25) is 4.79 Å². The first-order chi connectivity index (χ1) is 13.1. The average Bonchev–Trinajstić information content (AvgIpc) is 3.35. The van der Waals surface area contributed by atoms with Crippen LogP contribution in [0.2, 0.25) is 0 Å². The molecule has 156 valence electrons. The van der Waals surface area contributed by atoms with Gasteiger partial charge in [0.05, 0.1) is 36.3 Å². The molecule has 28 heavy (non-hydrogen) atoms. The molecule has 3 atom stereocenters. The number of carbonyl (C=O) groups is 1. The summed E-state index contributed by atoms with van der Waals surface area (Å²) in [5, 5.41) is 10.3. The molecule has 7 nitrogen and oxygen atoms in total. The number of ether oxygens (including phenoxy) is 2. The second-order valence-electron chi connectivity index (χ2n) is 9.83. The molecule has 3 aliphatic heterocycles. The molecule has 4 heterocycles. The van der Waals surface area contributed by atoms with E-state index in [9.17, 15) is 9.90 Å². The summed E-state index contributed by atoms with van der Waals surface area (Å²) in [6.45, 7) is 7.98. The standard InChI is InChI=1S/C21H33N3O4/c1-19(2,26)16-5-6-20(3,28-16)17-11-21(13-27-17)7-9-24(10-8-21)18(25)15-12-23(4)14-22-15/h12,14,16-17,26H,5-11,13H2,1-4H3/t16-,17-,20+/m0/s1. The number of hydrogen-bond acceptors (Lipinski definition) is 5. The number of aliphatic hydroxyl groups is 1. The maximum atomic E-state index is 12.6. The Labute approximate surface area is 167 Å². The molecule has 1 aromatic rings. The quantitative estimate of drug-likeness (QED) is 0.854. The van der Waals surface area contributed by atoms with Crippen molar-refractivity contribution < 1.29 is 19.4 Å². The molecule has 3 saturated heterocycles. The largest absolute Gasteiger partial charge is 0.388 e. The molecule has 3 fully saturated rings. The molecule has 3 aliphatic rings. The van der Waals surface area contributed by atoms with Gasteiger partial charge in [-0.15, -0.1) is 0 Å². The lowest BCUT2D eigenvalue weighted by molar-refractivity contribution is -0.155. The van der Waals surface area contributed by atoms with E-state index < -0.39 is 5.60 Å². The Balaban J connectivity index is 1.35. The molecular weight excluding hydrogens is 358 g/mol. The first kappa shape index (κ1) is 19.9. The zero-order valence-electron chi connectivity index (χ0n) is 17.5. The second-order valence-corrected chi connectivity index (χ2v) is 9.83. The predicted molar refractivity (Wildman–Crippen MR) is 104 cm³/mol. The molecule has 4 rings (SSSR count). The molecule has 1 aromatic heterocycles. The number of amides is 1. The monoisotopic (exact) mass is 391 g/mol. The molecule has 7 heteroatoms. The third-order valence-corrected chi connectivity index (χ3v) is 7.03. The SMILES string of the molecule is Cn1cnc(C(=O)N2CCC3(CC2)CO[C@H]([C@@]2(C)CC[C@@H](C(C)(C)O)O2)C3)c1. The summed E-state index contributed by atoms with van der Waals surface area (Å²) in [5.41, 5.74) is -0.519. The van der Waals surface area contributed by atoms with Crippen molar-refractivity contribution in [2.45, 2.75) is 76.3 Å². The fourth-order valence-corrected chi connectivity index (χ4v) is 4.99. The van der Waals surface area contributed by atoms with Crippen LogP contribution in [-0.4, -0.2) is 68.6 Å². The zero-order valence-corrected chi connectivity index (χ0v) is 17.5. The third kappa shape index (κ3) is 3.60. The summed E-state index contributed by atoms with van der Waals surface area (Å²) >= 11 is 0. The third-order valence-electron chi connectivity index (χ3n) is 7.03. The Morgan fingerprint density at radius 1 is 1.32 bits per heavy atom. The van der Waals surface area contributed by atoms with Crippen LogP contribution in [0, 0.1) is 5.41 Å². The second kappa shape index (κ2) is 6.82. The van der Waals surface area contributed by atoms with E-state index in [0.29, 0.717) is 5.69 Å². The molecule has 1 amide bonds. The number of imidazole rings is 1. The number of aryl methyl sites for hydroxylation is 1. The van der Waals surface area contributed by atoms with Crippen LogP contribution < -0.4 is 0 Å². The van der Waals surface area contributed by atoms with Crippen LogP contribution >= 0.6 is 0 Å². The van der Waals surface area contributed by atoms with Gasteiger partial charge in [-0.2, -0.15) is 0 Å². The summed E-state index contributed by atoms with van der Waals surface area (Å²) in [4.78, 5) is 18.8. The number of aromatic nitrogens is 2. The lowest BCUT2D eigenvalue weighted by Gasteiger charge is -2.39. The highest BCUT2D eigenvalue weighted by Gasteiger charge is 2.53. The smallest absolute Gasteiger partial charge is 0.274 e. The lowest BCUT2D eigenvalue weighted by Crippen LogP contribution is -2.45. The Morgan fingerprint density at radius 2 is 2.04 bits per heavy atom. The minimum absolute atomic E-state index is 0.0185. The van der Waals surface area contributed by atoms with Crippen molar-refractivity contribution in [1.82, 2.24) is 14.5 Å². The highest BCUT2D eigenvalue weighted by atomic mass is 16.6. The van der Waals surface area contributed by atoms with Crippen LogP contribution in [-0.2, 0) is 16.5 Å². The molecule has 0 saturated carbocycles. The van der Waals surface area contributed by atoms with E-state index in [0.717, 1.165) is 51.8 Å². The van der Waals surface area contributed by atoms with E-state index in [1.165, 1.54) is 0 Å². The first-order valence-electron chi connectivity index (χ1n) is 10.4. The average molecular weight is 392 g/mol. The van der Waals surface area contributed by atoms with Crippen molar-refractivity contribution in [1.29, 1.82) is 0 Å². The van der Waals surface area contributed by atoms with Gasteiger partial charge in [0.2, 0.25) is 0 Å². The van der Waals surface area contributed by atoms with E-state index in [4.69, 9.17) is 9.47 Å². The fraction of sp³-hybridized carbons (Fsp3) is 0.810. The van der Waals surface area contributed by atoms with E-state index in [1.54, 1.807) is 17.1 Å². The van der Waals surface area contributed by atoms with E-state index in [-0.39, 0.29) is 29.1 Å². The van der Waals surface area contributed by atoms with Crippen molar-refractivity contribution >= 4 is 5.91 Å². The number of carbonyl (C=O) groups excluding carboxylic acids is 1. The minimum atomic E-state index is -0.828. The van der Waals surface area contributed by atoms with E-state index in [2.05, 4.69) is 11.9 Å². The molecular formula is C21H33N3O4. The van der Waals surface area contributed by atoms with Crippen LogP contribution in [0.5, 0.6) is 0 Å². The summed E-state index contributed by atoms with van der Waals surface area (Å²) in [6.07, 6.45) is 7.99. The van der Waals surface area contributed by atoms with Crippen molar-refractivity contribution in [2.75, 3.05) is 19.7 Å². The van der Waals surface area contributed by atoms with E-state index in [1.807, 2.05) is 25.8 Å². The molecule has 0 unspecified atom stereocenters. The highest BCUT2D eigenvalue weighted by molar-refractivity contribution is 5.92. The molecule has 1 spiro atoms. The number of likely N-dealkylation sites (tertiary alicyclic amines) is 1. The van der Waals surface area contributed by atoms with Gasteiger partial charge in [0, 0.05) is 26.3 Å². The fourth-order valence-electron chi connectivity index (χ4n) is 4.99. The minimum Gasteiger partial charge on any atom is -0.388 e. The van der Waals surface area contributed by atoms with Gasteiger partial charge in [-0.1, -0.05) is 0 Å². The van der Waals surface area contributed by atoms with Gasteiger partial charge in [0.15, 0.2) is 0 Å². The Hall–Kier alpha value is -1.44. The molecule has 0 radical (unpaired) electrons. The van der Waals surface area contributed by atoms with Gasteiger partial charge in [-0.25, -0.2) is 4.98 Å². The Kier molecular flexibility index (Phi) is 4.83. The number of rotatable bonds is 3. The predicted octanol–water partition coefficient (Wildman–Crippen LogP) is 2.14. The molecule has 0 aromatic carbocycles. The van der Waals surface area contributed by atoms with Crippen LogP contribution in [0.25, 0.3) is 0 Å². The topological polar surface area (TPSA) is 76.8 Å². The number of hydrogen-bond donors (Lipinski definition) is 1. The van der Waals surface area contributed by atoms with Crippen molar-refractivity contribution in [3.8, 4) is 0 Å². The molecule has 1 N–H and O–H groups in total. The zero-order chi connectivity index (χ0) is 20.2. The number of nitrogens with zero attached hydrogens (tertiary/aromatic N) is 3. The summed E-state index contributed by atoms with van der Waals surface area (Å²) in [6, 6.07) is 0. The lowest BCUT2D eigenvalue weighted by atomic mass is 9.74. The molecule has 0 bridgehead atoms. The maximum Gasteiger partial charge on any atom is 0.274 e. The Bertz CT molecular complexity index is 732. The van der Waals surface area contributed by atoms with Gasteiger partial charge in [0.1, 0.15) is 5.69 Å². The van der Waals surface area contributed by atoms with Gasteiger partial charge < -0.3 is 24.0 Å². The van der Waals surface area contributed by atoms with Crippen LogP contribution in [0.3, 0.4) is 0 Å². The summed E-state index contributed by atoms with van der Waals surface area (Å²) in [7, 11) is 1.87. The maximum absolute atomic E-state index is 12.6. The van der Waals surface area contributed by atoms with Gasteiger partial charge >= 0.3 is 0 Å². The highest BCUT2D eigenvalue weighted by Crippen LogP contribution is 2.49. The normalized spacial score (nSPS) is 33.0.